The van der Waals surface area contributed by atoms with Crippen molar-refractivity contribution in [1.82, 2.24) is 4.90 Å². The Bertz CT molecular complexity index is 320. The third-order valence-electron chi connectivity index (χ3n) is 2.63. The van der Waals surface area contributed by atoms with Gasteiger partial charge in [-0.2, -0.15) is 0 Å². The first-order valence-corrected chi connectivity index (χ1v) is 6.50. The molecule has 1 saturated heterocycles. The summed E-state index contributed by atoms with van der Waals surface area (Å²) in [5, 5.41) is 0. The predicted molar refractivity (Wildman–Crippen MR) is 70.0 cm³/mol. The summed E-state index contributed by atoms with van der Waals surface area (Å²) in [6, 6.07) is 0.664. The zero-order chi connectivity index (χ0) is 13.8. The van der Waals surface area contributed by atoms with E-state index in [0.29, 0.717) is 6.05 Å². The molecule has 0 spiro atoms. The molecule has 1 heterocycles. The van der Waals surface area contributed by atoms with Gasteiger partial charge in [0.15, 0.2) is 0 Å². The molecule has 0 aromatic heterocycles. The molecule has 0 N–H and O–H groups in total. The number of ether oxygens (including phenoxy) is 1. The van der Waals surface area contributed by atoms with Gasteiger partial charge in [-0.25, -0.2) is 4.79 Å². The van der Waals surface area contributed by atoms with E-state index in [1.54, 1.807) is 4.90 Å². The van der Waals surface area contributed by atoms with Crippen molar-refractivity contribution in [2.45, 2.75) is 65.0 Å². The molecule has 0 saturated carbocycles. The SMILES string of the molecule is [2H]/C(=C/[C@@H]1CCCN1C(=O)OC(C)(C)C)CCC. The molecule has 1 fully saturated rings. The highest BCUT2D eigenvalue weighted by Gasteiger charge is 2.30. The zero-order valence-corrected chi connectivity index (χ0v) is 11.5. The molecule has 1 aliphatic rings. The van der Waals surface area contributed by atoms with E-state index < -0.39 is 5.60 Å². The third-order valence-corrected chi connectivity index (χ3v) is 2.63. The van der Waals surface area contributed by atoms with Gasteiger partial charge in [-0.15, -0.1) is 0 Å². The first-order valence-electron chi connectivity index (χ1n) is 7.00. The second kappa shape index (κ2) is 6.08. The number of nitrogens with zero attached hydrogens (tertiary/aromatic N) is 1. The van der Waals surface area contributed by atoms with Crippen molar-refractivity contribution >= 4 is 6.09 Å². The van der Waals surface area contributed by atoms with Crippen molar-refractivity contribution in [1.29, 1.82) is 0 Å². The second-order valence-electron chi connectivity index (χ2n) is 5.50. The van der Waals surface area contributed by atoms with Crippen molar-refractivity contribution < 1.29 is 10.9 Å². The Labute approximate surface area is 106 Å². The zero-order valence-electron chi connectivity index (χ0n) is 12.5. The van der Waals surface area contributed by atoms with Gasteiger partial charge in [0, 0.05) is 6.54 Å². The molecular formula is C14H25NO2. The van der Waals surface area contributed by atoms with E-state index in [4.69, 9.17) is 6.11 Å². The van der Waals surface area contributed by atoms with E-state index in [-0.39, 0.29) is 12.1 Å². The fourth-order valence-corrected chi connectivity index (χ4v) is 1.88. The Balaban J connectivity index is 2.65. The normalized spacial score (nSPS) is 22.6. The number of hydrogen-bond donors (Lipinski definition) is 0. The van der Waals surface area contributed by atoms with Crippen LogP contribution in [0.3, 0.4) is 0 Å². The van der Waals surface area contributed by atoms with Crippen molar-refractivity contribution in [2.24, 2.45) is 0 Å². The Hall–Kier alpha value is -0.990. The summed E-state index contributed by atoms with van der Waals surface area (Å²) in [6.45, 7) is 8.41. The van der Waals surface area contributed by atoms with E-state index in [1.165, 1.54) is 0 Å². The molecule has 0 radical (unpaired) electrons. The lowest BCUT2D eigenvalue weighted by Crippen LogP contribution is -2.39. The number of hydrogen-bond acceptors (Lipinski definition) is 2. The van der Waals surface area contributed by atoms with Gasteiger partial charge in [0.2, 0.25) is 0 Å². The molecule has 0 aromatic carbocycles. The summed E-state index contributed by atoms with van der Waals surface area (Å²) in [7, 11) is 0. The number of carbonyl (C=O) groups excluding carboxylic acids is 1. The van der Waals surface area contributed by atoms with Crippen LogP contribution < -0.4 is 0 Å². The Morgan fingerprint density at radius 2 is 2.29 bits per heavy atom. The smallest absolute Gasteiger partial charge is 0.410 e. The molecule has 0 aromatic rings. The van der Waals surface area contributed by atoms with Crippen molar-refractivity contribution in [3.05, 3.63) is 12.1 Å². The lowest BCUT2D eigenvalue weighted by Gasteiger charge is -2.27. The summed E-state index contributed by atoms with van der Waals surface area (Å²) < 4.78 is 13.2. The van der Waals surface area contributed by atoms with Gasteiger partial charge >= 0.3 is 6.09 Å². The molecule has 1 aliphatic heterocycles. The third kappa shape index (κ3) is 4.80. The summed E-state index contributed by atoms with van der Waals surface area (Å²) in [5.74, 6) is 0. The number of carbonyl (C=O) groups is 1. The van der Waals surface area contributed by atoms with Crippen LogP contribution in [0.1, 0.15) is 54.7 Å². The van der Waals surface area contributed by atoms with E-state index in [2.05, 4.69) is 6.92 Å². The largest absolute Gasteiger partial charge is 0.444 e. The van der Waals surface area contributed by atoms with E-state index in [0.717, 1.165) is 32.2 Å². The molecule has 3 heteroatoms. The van der Waals surface area contributed by atoms with Crippen LogP contribution in [-0.4, -0.2) is 29.2 Å². The van der Waals surface area contributed by atoms with Crippen LogP contribution in [0.15, 0.2) is 12.1 Å². The molecule has 3 nitrogen and oxygen atoms in total. The van der Waals surface area contributed by atoms with Gasteiger partial charge in [0.25, 0.3) is 0 Å². The molecule has 0 aliphatic carbocycles. The molecule has 0 unspecified atom stereocenters. The summed E-state index contributed by atoms with van der Waals surface area (Å²) in [4.78, 5) is 13.8. The molecule has 1 rings (SSSR count). The first-order chi connectivity index (χ1) is 8.33. The summed E-state index contributed by atoms with van der Waals surface area (Å²) in [5.41, 5.74) is -0.457. The van der Waals surface area contributed by atoms with Gasteiger partial charge in [-0.1, -0.05) is 25.5 Å². The van der Waals surface area contributed by atoms with Crippen LogP contribution in [-0.2, 0) is 4.74 Å². The van der Waals surface area contributed by atoms with Crippen LogP contribution in [0.2, 0.25) is 0 Å². The number of rotatable bonds is 3. The first kappa shape index (κ1) is 12.5. The van der Waals surface area contributed by atoms with Crippen LogP contribution >= 0.6 is 0 Å². The second-order valence-corrected chi connectivity index (χ2v) is 5.50. The molecule has 98 valence electrons. The van der Waals surface area contributed by atoms with Crippen LogP contribution in [0.25, 0.3) is 0 Å². The van der Waals surface area contributed by atoms with Gasteiger partial charge in [0.1, 0.15) is 5.60 Å². The van der Waals surface area contributed by atoms with Crippen molar-refractivity contribution in [3.63, 3.8) is 0 Å². The van der Waals surface area contributed by atoms with Crippen molar-refractivity contribution in [3.8, 4) is 0 Å². The fraction of sp³-hybridized carbons (Fsp3) is 0.786. The van der Waals surface area contributed by atoms with E-state index >= 15 is 0 Å². The molecule has 0 bridgehead atoms. The maximum atomic E-state index is 12.0. The quantitative estimate of drug-likeness (QED) is 0.703. The molecule has 17 heavy (non-hydrogen) atoms. The fourth-order valence-electron chi connectivity index (χ4n) is 1.88. The van der Waals surface area contributed by atoms with Gasteiger partial charge < -0.3 is 9.64 Å². The minimum atomic E-state index is -0.457. The topological polar surface area (TPSA) is 29.5 Å². The van der Waals surface area contributed by atoms with Gasteiger partial charge in [0.05, 0.1) is 7.41 Å². The van der Waals surface area contributed by atoms with Crippen LogP contribution in [0.5, 0.6) is 0 Å². The standard InChI is InChI=1S/C14H25NO2/c1-5-6-7-9-12-10-8-11-15(12)13(16)17-14(2,3)4/h7,9,12H,5-6,8,10-11H2,1-4H3/b9-7-/t12-/m1/s1/i7D. The molecular weight excluding hydrogens is 214 g/mol. The number of amides is 1. The number of likely N-dealkylation sites (tertiary alicyclic amines) is 1. The molecule has 1 amide bonds. The lowest BCUT2D eigenvalue weighted by atomic mass is 10.2. The van der Waals surface area contributed by atoms with E-state index in [9.17, 15) is 4.79 Å². The lowest BCUT2D eigenvalue weighted by molar-refractivity contribution is 0.0256. The minimum Gasteiger partial charge on any atom is -0.444 e. The monoisotopic (exact) mass is 240 g/mol. The van der Waals surface area contributed by atoms with E-state index in [1.807, 2.05) is 26.8 Å². The molecule has 1 atom stereocenters. The van der Waals surface area contributed by atoms with Gasteiger partial charge in [-0.05, 0) is 40.0 Å². The van der Waals surface area contributed by atoms with Crippen LogP contribution in [0, 0.1) is 0 Å². The van der Waals surface area contributed by atoms with Crippen LogP contribution in [0.4, 0.5) is 4.79 Å². The Morgan fingerprint density at radius 3 is 2.88 bits per heavy atom. The maximum Gasteiger partial charge on any atom is 0.410 e. The summed E-state index contributed by atoms with van der Waals surface area (Å²) in [6.07, 6.45) is 5.31. The Morgan fingerprint density at radius 1 is 1.59 bits per heavy atom. The Kier molecular flexibility index (Phi) is 4.46. The average Bonchev–Trinajstić information content (AvgIpc) is 2.63. The maximum absolute atomic E-state index is 12.0. The summed E-state index contributed by atoms with van der Waals surface area (Å²) >= 11 is 0. The highest BCUT2D eigenvalue weighted by molar-refractivity contribution is 5.69. The highest BCUT2D eigenvalue weighted by Crippen LogP contribution is 2.21. The van der Waals surface area contributed by atoms with Gasteiger partial charge in [-0.3, -0.25) is 0 Å². The average molecular weight is 240 g/mol. The minimum absolute atomic E-state index is 0.0406. The highest BCUT2D eigenvalue weighted by atomic mass is 16.6. The predicted octanol–water partition coefficient (Wildman–Crippen LogP) is 3.74. The van der Waals surface area contributed by atoms with Crippen molar-refractivity contribution in [2.75, 3.05) is 6.54 Å². The number of allylic oxidation sites excluding steroid dienone is 1.